The molecule has 2 N–H and O–H groups in total. The molecule has 1 atom stereocenters. The van der Waals surface area contributed by atoms with Crippen LogP contribution in [0.2, 0.25) is 5.02 Å². The van der Waals surface area contributed by atoms with Gasteiger partial charge in [0.2, 0.25) is 0 Å². The lowest BCUT2D eigenvalue weighted by Crippen LogP contribution is -2.06. The standard InChI is InChI=1S/C10H14ClNO/c1-6-4-5-8(7(2)12)9(11)10(6)13-3/h4-5,7H,12H2,1-3H3. The molecule has 0 fully saturated rings. The van der Waals surface area contributed by atoms with Crippen molar-refractivity contribution < 1.29 is 4.74 Å². The van der Waals surface area contributed by atoms with Gasteiger partial charge < -0.3 is 10.5 Å². The lowest BCUT2D eigenvalue weighted by molar-refractivity contribution is 0.411. The summed E-state index contributed by atoms with van der Waals surface area (Å²) < 4.78 is 5.18. The maximum Gasteiger partial charge on any atom is 0.140 e. The van der Waals surface area contributed by atoms with E-state index in [-0.39, 0.29) is 6.04 Å². The Kier molecular flexibility index (Phi) is 3.17. The highest BCUT2D eigenvalue weighted by molar-refractivity contribution is 6.33. The van der Waals surface area contributed by atoms with Gasteiger partial charge in [-0.15, -0.1) is 0 Å². The fourth-order valence-electron chi connectivity index (χ4n) is 1.27. The Labute approximate surface area is 83.6 Å². The number of hydrogen-bond donors (Lipinski definition) is 1. The Hall–Kier alpha value is -0.730. The molecule has 0 radical (unpaired) electrons. The van der Waals surface area contributed by atoms with Gasteiger partial charge in [0.05, 0.1) is 12.1 Å². The Balaban J connectivity index is 3.27. The number of ether oxygens (including phenoxy) is 1. The quantitative estimate of drug-likeness (QED) is 0.795. The molecule has 0 saturated carbocycles. The fourth-order valence-corrected chi connectivity index (χ4v) is 1.73. The molecule has 0 saturated heterocycles. The summed E-state index contributed by atoms with van der Waals surface area (Å²) in [4.78, 5) is 0. The van der Waals surface area contributed by atoms with E-state index in [4.69, 9.17) is 22.1 Å². The van der Waals surface area contributed by atoms with Crippen molar-refractivity contribution in [3.63, 3.8) is 0 Å². The van der Waals surface area contributed by atoms with Crippen molar-refractivity contribution in [3.05, 3.63) is 28.3 Å². The SMILES string of the molecule is COc1c(C)ccc(C(C)N)c1Cl. The fraction of sp³-hybridized carbons (Fsp3) is 0.400. The summed E-state index contributed by atoms with van der Waals surface area (Å²) in [6.45, 7) is 3.85. The number of methoxy groups -OCH3 is 1. The van der Waals surface area contributed by atoms with Crippen LogP contribution in [0.4, 0.5) is 0 Å². The van der Waals surface area contributed by atoms with Crippen LogP contribution in [0.15, 0.2) is 12.1 Å². The van der Waals surface area contributed by atoms with Gasteiger partial charge in [0, 0.05) is 6.04 Å². The molecule has 1 aromatic rings. The summed E-state index contributed by atoms with van der Waals surface area (Å²) in [6, 6.07) is 3.83. The molecule has 0 aliphatic carbocycles. The number of nitrogens with two attached hydrogens (primary N) is 1. The molecule has 0 aliphatic rings. The lowest BCUT2D eigenvalue weighted by atomic mass is 10.1. The van der Waals surface area contributed by atoms with E-state index in [2.05, 4.69) is 0 Å². The largest absolute Gasteiger partial charge is 0.495 e. The highest BCUT2D eigenvalue weighted by Gasteiger charge is 2.11. The van der Waals surface area contributed by atoms with E-state index in [0.29, 0.717) is 5.02 Å². The van der Waals surface area contributed by atoms with Crippen LogP contribution in [-0.2, 0) is 0 Å². The van der Waals surface area contributed by atoms with Gasteiger partial charge in [0.15, 0.2) is 0 Å². The Bertz CT molecular complexity index is 310. The zero-order valence-corrected chi connectivity index (χ0v) is 8.85. The number of aryl methyl sites for hydroxylation is 1. The van der Waals surface area contributed by atoms with Crippen molar-refractivity contribution in [1.82, 2.24) is 0 Å². The minimum atomic E-state index is -0.0676. The molecular weight excluding hydrogens is 186 g/mol. The van der Waals surface area contributed by atoms with E-state index in [0.717, 1.165) is 16.9 Å². The average Bonchev–Trinajstić information content (AvgIpc) is 2.04. The molecule has 13 heavy (non-hydrogen) atoms. The van der Waals surface area contributed by atoms with E-state index in [1.165, 1.54) is 0 Å². The van der Waals surface area contributed by atoms with Gasteiger partial charge in [0.1, 0.15) is 5.75 Å². The van der Waals surface area contributed by atoms with Crippen LogP contribution in [0.1, 0.15) is 24.1 Å². The van der Waals surface area contributed by atoms with Crippen LogP contribution in [0.3, 0.4) is 0 Å². The molecule has 0 aromatic heterocycles. The minimum absolute atomic E-state index is 0.0676. The first-order chi connectivity index (χ1) is 6.07. The van der Waals surface area contributed by atoms with E-state index in [1.54, 1.807) is 7.11 Å². The van der Waals surface area contributed by atoms with Gasteiger partial charge >= 0.3 is 0 Å². The van der Waals surface area contributed by atoms with Gasteiger partial charge in [-0.2, -0.15) is 0 Å². The van der Waals surface area contributed by atoms with E-state index >= 15 is 0 Å². The van der Waals surface area contributed by atoms with Crippen molar-refractivity contribution in [2.24, 2.45) is 5.73 Å². The third-order valence-corrected chi connectivity index (χ3v) is 2.41. The number of benzene rings is 1. The summed E-state index contributed by atoms with van der Waals surface area (Å²) in [7, 11) is 1.61. The maximum atomic E-state index is 6.10. The third kappa shape index (κ3) is 1.95. The predicted molar refractivity (Wildman–Crippen MR) is 55.3 cm³/mol. The van der Waals surface area contributed by atoms with Crippen LogP contribution in [-0.4, -0.2) is 7.11 Å². The van der Waals surface area contributed by atoms with Crippen LogP contribution >= 0.6 is 11.6 Å². The number of rotatable bonds is 2. The topological polar surface area (TPSA) is 35.2 Å². The van der Waals surface area contributed by atoms with Gasteiger partial charge in [-0.25, -0.2) is 0 Å². The molecule has 3 heteroatoms. The van der Waals surface area contributed by atoms with Crippen LogP contribution < -0.4 is 10.5 Å². The normalized spacial score (nSPS) is 12.7. The molecular formula is C10H14ClNO. The first-order valence-corrected chi connectivity index (χ1v) is 4.54. The molecule has 0 spiro atoms. The lowest BCUT2D eigenvalue weighted by Gasteiger charge is -2.13. The van der Waals surface area contributed by atoms with Crippen molar-refractivity contribution in [3.8, 4) is 5.75 Å². The molecule has 0 aliphatic heterocycles. The molecule has 72 valence electrons. The third-order valence-electron chi connectivity index (χ3n) is 2.02. The molecule has 2 nitrogen and oxygen atoms in total. The Morgan fingerprint density at radius 3 is 2.54 bits per heavy atom. The number of hydrogen-bond acceptors (Lipinski definition) is 2. The van der Waals surface area contributed by atoms with Crippen molar-refractivity contribution >= 4 is 11.6 Å². The maximum absolute atomic E-state index is 6.10. The summed E-state index contributed by atoms with van der Waals surface area (Å²) in [5, 5.41) is 0.623. The van der Waals surface area contributed by atoms with Gasteiger partial charge in [-0.3, -0.25) is 0 Å². The number of halogens is 1. The molecule has 0 bridgehead atoms. The van der Waals surface area contributed by atoms with Crippen LogP contribution in [0.25, 0.3) is 0 Å². The van der Waals surface area contributed by atoms with E-state index < -0.39 is 0 Å². The second-order valence-electron chi connectivity index (χ2n) is 3.11. The summed E-state index contributed by atoms with van der Waals surface area (Å²) in [5.41, 5.74) is 7.69. The zero-order valence-electron chi connectivity index (χ0n) is 8.10. The van der Waals surface area contributed by atoms with Crippen molar-refractivity contribution in [2.75, 3.05) is 7.11 Å². The van der Waals surface area contributed by atoms with Crippen molar-refractivity contribution in [1.29, 1.82) is 0 Å². The molecule has 1 rings (SSSR count). The van der Waals surface area contributed by atoms with Crippen LogP contribution in [0, 0.1) is 6.92 Å². The van der Waals surface area contributed by atoms with Gasteiger partial charge in [-0.1, -0.05) is 23.7 Å². The monoisotopic (exact) mass is 199 g/mol. The van der Waals surface area contributed by atoms with E-state index in [9.17, 15) is 0 Å². The first kappa shape index (κ1) is 10.4. The first-order valence-electron chi connectivity index (χ1n) is 4.16. The average molecular weight is 200 g/mol. The highest BCUT2D eigenvalue weighted by atomic mass is 35.5. The highest BCUT2D eigenvalue weighted by Crippen LogP contribution is 2.33. The molecule has 1 unspecified atom stereocenters. The summed E-state index contributed by atoms with van der Waals surface area (Å²) in [6.07, 6.45) is 0. The van der Waals surface area contributed by atoms with Gasteiger partial charge in [0.25, 0.3) is 0 Å². The minimum Gasteiger partial charge on any atom is -0.495 e. The zero-order chi connectivity index (χ0) is 10.0. The second-order valence-corrected chi connectivity index (χ2v) is 3.49. The van der Waals surface area contributed by atoms with Gasteiger partial charge in [-0.05, 0) is 25.0 Å². The Morgan fingerprint density at radius 2 is 2.08 bits per heavy atom. The smallest absolute Gasteiger partial charge is 0.140 e. The second kappa shape index (κ2) is 3.99. The van der Waals surface area contributed by atoms with Crippen LogP contribution in [0.5, 0.6) is 5.75 Å². The Morgan fingerprint density at radius 1 is 1.46 bits per heavy atom. The molecule has 0 heterocycles. The van der Waals surface area contributed by atoms with Crippen molar-refractivity contribution in [2.45, 2.75) is 19.9 Å². The molecule has 0 amide bonds. The van der Waals surface area contributed by atoms with E-state index in [1.807, 2.05) is 26.0 Å². The molecule has 1 aromatic carbocycles. The predicted octanol–water partition coefficient (Wildman–Crippen LogP) is 2.68. The summed E-state index contributed by atoms with van der Waals surface area (Å²) >= 11 is 6.10. The summed E-state index contributed by atoms with van der Waals surface area (Å²) in [5.74, 6) is 0.719.